The summed E-state index contributed by atoms with van der Waals surface area (Å²) in [7, 11) is 4.34. The lowest BCUT2D eigenvalue weighted by molar-refractivity contribution is 0.187. The Balaban J connectivity index is 2.40. The number of hydrogen-bond donors (Lipinski definition) is 1. The van der Waals surface area contributed by atoms with Gasteiger partial charge in [-0.25, -0.2) is 4.79 Å². The topological polar surface area (TPSA) is 89.8 Å². The number of nitriles is 1. The molecule has 0 bridgehead atoms. The van der Waals surface area contributed by atoms with Gasteiger partial charge in [-0.05, 0) is 54.5 Å². The van der Waals surface area contributed by atoms with Gasteiger partial charge in [0, 0.05) is 0 Å². The molecule has 0 atom stereocenters. The molecule has 146 valence electrons. The van der Waals surface area contributed by atoms with Crippen LogP contribution in [0, 0.1) is 11.3 Å². The number of nitrogens with one attached hydrogen (secondary N) is 1. The van der Waals surface area contributed by atoms with E-state index in [1.165, 1.54) is 14.2 Å². The van der Waals surface area contributed by atoms with Crippen molar-refractivity contribution in [3.05, 3.63) is 47.5 Å². The summed E-state index contributed by atoms with van der Waals surface area (Å²) in [6, 6.07) is 12.7. The monoisotopic (exact) mass is 382 g/mol. The summed E-state index contributed by atoms with van der Waals surface area (Å²) in [5.41, 5.74) is 2.34. The molecule has 0 spiro atoms. The first-order valence-electron chi connectivity index (χ1n) is 8.52. The first-order chi connectivity index (χ1) is 13.6. The molecule has 7 nitrogen and oxygen atoms in total. The minimum Gasteiger partial charge on any atom is -0.495 e. The molecule has 2 aromatic carbocycles. The highest BCUT2D eigenvalue weighted by atomic mass is 16.5. The SMILES string of the molecule is CCOc1cc(/C(C#N)=C\c2ccc(NC(=O)OC)c(OC)c2)ccc1OC. The predicted molar refractivity (Wildman–Crippen MR) is 107 cm³/mol. The molecule has 0 aliphatic rings. The van der Waals surface area contributed by atoms with Gasteiger partial charge in [-0.15, -0.1) is 0 Å². The smallest absolute Gasteiger partial charge is 0.411 e. The van der Waals surface area contributed by atoms with Crippen LogP contribution in [-0.2, 0) is 4.74 Å². The largest absolute Gasteiger partial charge is 0.495 e. The van der Waals surface area contributed by atoms with Gasteiger partial charge in [-0.3, -0.25) is 5.32 Å². The molecular formula is C21H22N2O5. The Morgan fingerprint density at radius 1 is 1.07 bits per heavy atom. The van der Waals surface area contributed by atoms with Gasteiger partial charge in [0.25, 0.3) is 0 Å². The molecule has 2 aromatic rings. The summed E-state index contributed by atoms with van der Waals surface area (Å²) in [6.07, 6.45) is 1.13. The Labute approximate surface area is 164 Å². The summed E-state index contributed by atoms with van der Waals surface area (Å²) in [6.45, 7) is 2.36. The van der Waals surface area contributed by atoms with Crippen LogP contribution in [0.15, 0.2) is 36.4 Å². The van der Waals surface area contributed by atoms with E-state index in [1.54, 1.807) is 49.6 Å². The van der Waals surface area contributed by atoms with Gasteiger partial charge in [0.05, 0.1) is 45.3 Å². The molecule has 7 heteroatoms. The van der Waals surface area contributed by atoms with Crippen LogP contribution in [-0.4, -0.2) is 34.0 Å². The fraction of sp³-hybridized carbons (Fsp3) is 0.238. The van der Waals surface area contributed by atoms with E-state index in [2.05, 4.69) is 16.1 Å². The van der Waals surface area contributed by atoms with Crippen molar-refractivity contribution < 1.29 is 23.7 Å². The third-order valence-electron chi connectivity index (χ3n) is 3.85. The van der Waals surface area contributed by atoms with E-state index in [9.17, 15) is 10.1 Å². The molecule has 28 heavy (non-hydrogen) atoms. The van der Waals surface area contributed by atoms with Crippen molar-refractivity contribution >= 4 is 23.4 Å². The molecule has 0 aromatic heterocycles. The second-order valence-corrected chi connectivity index (χ2v) is 5.54. The van der Waals surface area contributed by atoms with E-state index in [-0.39, 0.29) is 0 Å². The van der Waals surface area contributed by atoms with Crippen LogP contribution in [0.25, 0.3) is 11.6 Å². The normalized spacial score (nSPS) is 10.6. The van der Waals surface area contributed by atoms with Crippen LogP contribution in [0.1, 0.15) is 18.1 Å². The van der Waals surface area contributed by atoms with E-state index in [4.69, 9.17) is 14.2 Å². The van der Waals surface area contributed by atoms with E-state index in [0.717, 1.165) is 5.56 Å². The quantitative estimate of drug-likeness (QED) is 0.566. The number of methoxy groups -OCH3 is 3. The molecule has 0 radical (unpaired) electrons. The molecule has 2 rings (SSSR count). The van der Waals surface area contributed by atoms with Gasteiger partial charge >= 0.3 is 6.09 Å². The third-order valence-corrected chi connectivity index (χ3v) is 3.85. The number of carbonyl (C=O) groups is 1. The number of carbonyl (C=O) groups excluding carboxylic acids is 1. The molecule has 1 amide bonds. The van der Waals surface area contributed by atoms with Crippen molar-refractivity contribution in [2.45, 2.75) is 6.92 Å². The van der Waals surface area contributed by atoms with Crippen molar-refractivity contribution in [1.29, 1.82) is 5.26 Å². The van der Waals surface area contributed by atoms with E-state index < -0.39 is 6.09 Å². The van der Waals surface area contributed by atoms with Gasteiger partial charge in [-0.2, -0.15) is 5.26 Å². The zero-order valence-electron chi connectivity index (χ0n) is 16.2. The number of amides is 1. The molecule has 0 aliphatic carbocycles. The molecule has 0 heterocycles. The number of allylic oxidation sites excluding steroid dienone is 1. The van der Waals surface area contributed by atoms with Crippen LogP contribution < -0.4 is 19.5 Å². The van der Waals surface area contributed by atoms with Crippen LogP contribution in [0.5, 0.6) is 17.2 Å². The van der Waals surface area contributed by atoms with Crippen molar-refractivity contribution in [1.82, 2.24) is 0 Å². The van der Waals surface area contributed by atoms with Crippen LogP contribution in [0.2, 0.25) is 0 Å². The van der Waals surface area contributed by atoms with Gasteiger partial charge in [-0.1, -0.05) is 6.07 Å². The maximum Gasteiger partial charge on any atom is 0.411 e. The molecular weight excluding hydrogens is 360 g/mol. The lowest BCUT2D eigenvalue weighted by Gasteiger charge is -2.12. The Morgan fingerprint density at radius 2 is 1.82 bits per heavy atom. The number of hydrogen-bond acceptors (Lipinski definition) is 6. The minimum atomic E-state index is -0.596. The van der Waals surface area contributed by atoms with Gasteiger partial charge < -0.3 is 18.9 Å². The second-order valence-electron chi connectivity index (χ2n) is 5.54. The Kier molecular flexibility index (Phi) is 7.28. The molecule has 0 unspecified atom stereocenters. The van der Waals surface area contributed by atoms with Crippen molar-refractivity contribution in [3.8, 4) is 23.3 Å². The zero-order valence-corrected chi connectivity index (χ0v) is 16.2. The minimum absolute atomic E-state index is 0.444. The average Bonchev–Trinajstić information content (AvgIpc) is 2.72. The third kappa shape index (κ3) is 4.95. The van der Waals surface area contributed by atoms with Gasteiger partial charge in [0.15, 0.2) is 11.5 Å². The average molecular weight is 382 g/mol. The standard InChI is InChI=1S/C21H22N2O5/c1-5-28-20-12-15(7-9-18(20)25-2)16(13-22)10-14-6-8-17(19(11-14)26-3)23-21(24)27-4/h6-12H,5H2,1-4H3,(H,23,24)/b16-10-. The Morgan fingerprint density at radius 3 is 2.43 bits per heavy atom. The van der Waals surface area contributed by atoms with Crippen LogP contribution >= 0.6 is 0 Å². The maximum atomic E-state index is 11.4. The number of anilines is 1. The predicted octanol–water partition coefficient (Wildman–Crippen LogP) is 4.34. The van der Waals surface area contributed by atoms with Gasteiger partial charge in [0.1, 0.15) is 5.75 Å². The lowest BCUT2D eigenvalue weighted by atomic mass is 10.0. The summed E-state index contributed by atoms with van der Waals surface area (Å²) >= 11 is 0. The number of ether oxygens (including phenoxy) is 4. The number of rotatable bonds is 7. The molecule has 0 saturated heterocycles. The van der Waals surface area contributed by atoms with Gasteiger partial charge in [0.2, 0.25) is 0 Å². The van der Waals surface area contributed by atoms with Crippen molar-refractivity contribution in [2.24, 2.45) is 0 Å². The van der Waals surface area contributed by atoms with E-state index >= 15 is 0 Å². The highest BCUT2D eigenvalue weighted by Crippen LogP contribution is 2.32. The number of nitrogens with zero attached hydrogens (tertiary/aromatic N) is 1. The molecule has 0 saturated carbocycles. The van der Waals surface area contributed by atoms with E-state index in [0.29, 0.717) is 40.7 Å². The highest BCUT2D eigenvalue weighted by Gasteiger charge is 2.11. The maximum absolute atomic E-state index is 11.4. The Bertz CT molecular complexity index is 915. The summed E-state index contributed by atoms with van der Waals surface area (Å²) in [4.78, 5) is 11.4. The second kappa shape index (κ2) is 9.88. The van der Waals surface area contributed by atoms with Crippen molar-refractivity contribution in [2.75, 3.05) is 33.3 Å². The first kappa shape index (κ1) is 20.6. The summed E-state index contributed by atoms with van der Waals surface area (Å²) in [5.74, 6) is 1.61. The molecule has 0 aliphatic heterocycles. The molecule has 0 fully saturated rings. The van der Waals surface area contributed by atoms with E-state index in [1.807, 2.05) is 6.92 Å². The first-order valence-corrected chi connectivity index (χ1v) is 8.52. The fourth-order valence-corrected chi connectivity index (χ4v) is 2.52. The highest BCUT2D eigenvalue weighted by molar-refractivity contribution is 5.91. The lowest BCUT2D eigenvalue weighted by Crippen LogP contribution is -2.11. The summed E-state index contributed by atoms with van der Waals surface area (Å²) < 4.78 is 20.8. The summed E-state index contributed by atoms with van der Waals surface area (Å²) in [5, 5.41) is 12.2. The number of benzene rings is 2. The van der Waals surface area contributed by atoms with Crippen molar-refractivity contribution in [3.63, 3.8) is 0 Å². The zero-order chi connectivity index (χ0) is 20.5. The fourth-order valence-electron chi connectivity index (χ4n) is 2.52. The van der Waals surface area contributed by atoms with Crippen LogP contribution in [0.4, 0.5) is 10.5 Å². The molecule has 1 N–H and O–H groups in total. The Hall–Kier alpha value is -3.66. The van der Waals surface area contributed by atoms with Crippen LogP contribution in [0.3, 0.4) is 0 Å².